The van der Waals surface area contributed by atoms with Crippen molar-refractivity contribution in [3.05, 3.63) is 262 Å². The Bertz CT molecular complexity index is 4450. The zero-order valence-electron chi connectivity index (χ0n) is 54.0. The number of nitrogens with zero attached hydrogens (tertiary/aromatic N) is 6. The van der Waals surface area contributed by atoms with Gasteiger partial charge in [-0.05, 0) is 196 Å². The fourth-order valence-electron chi connectivity index (χ4n) is 10.3. The van der Waals surface area contributed by atoms with E-state index < -0.39 is 40.5 Å². The summed E-state index contributed by atoms with van der Waals surface area (Å²) < 4.78 is 118. The van der Waals surface area contributed by atoms with E-state index in [1.807, 2.05) is 27.7 Å². The van der Waals surface area contributed by atoms with Gasteiger partial charge in [0.1, 0.15) is 0 Å². The number of aromatic nitrogens is 4. The zero-order valence-corrected chi connectivity index (χ0v) is 57.3. The molecule has 0 unspecified atom stereocenters. The Hall–Kier alpha value is -9.76. The van der Waals surface area contributed by atoms with Crippen molar-refractivity contribution in [3.63, 3.8) is 0 Å². The summed E-state index contributed by atoms with van der Waals surface area (Å²) in [4.78, 5) is 27.1. The van der Waals surface area contributed by atoms with Crippen LogP contribution in [-0.2, 0) is 40.5 Å². The molecule has 13 rings (SSSR count). The van der Waals surface area contributed by atoms with Crippen molar-refractivity contribution in [3.8, 4) is 0 Å². The Kier molecular flexibility index (Phi) is 22.0. The van der Waals surface area contributed by atoms with Gasteiger partial charge in [0.25, 0.3) is 40.5 Å². The van der Waals surface area contributed by atoms with Gasteiger partial charge in [0.05, 0.1) is 42.4 Å². The van der Waals surface area contributed by atoms with E-state index in [1.54, 1.807) is 48.5 Å². The molecule has 4 aromatic carbocycles. The van der Waals surface area contributed by atoms with Crippen molar-refractivity contribution in [1.82, 2.24) is 39.5 Å². The Labute approximate surface area is 560 Å². The highest BCUT2D eigenvalue weighted by Crippen LogP contribution is 2.37. The van der Waals surface area contributed by atoms with Crippen LogP contribution < -0.4 is 0 Å². The number of rotatable bonds is 8. The number of likely N-dealkylation sites (N-methyl/N-ethyl adjacent to an activating group) is 4. The summed E-state index contributed by atoms with van der Waals surface area (Å²) in [5.41, 5.74) is 20.5. The van der Waals surface area contributed by atoms with Gasteiger partial charge in [-0.1, -0.05) is 95.1 Å². The minimum absolute atomic E-state index is 0.0666. The van der Waals surface area contributed by atoms with Gasteiger partial charge < -0.3 is 29.6 Å². The minimum atomic E-state index is -4.02. The van der Waals surface area contributed by atoms with E-state index in [0.717, 1.165) is 138 Å². The summed E-state index contributed by atoms with van der Waals surface area (Å²) in [6.07, 6.45) is 35.2. The number of benzene rings is 4. The Morgan fingerprint density at radius 1 is 0.302 bits per heavy atom. The van der Waals surface area contributed by atoms with Crippen molar-refractivity contribution in [2.75, 3.05) is 54.4 Å². The van der Waals surface area contributed by atoms with Crippen LogP contribution in [0.5, 0.6) is 0 Å². The first-order valence-electron chi connectivity index (χ1n) is 30.1. The standard InChI is InChI=1S/C44H42N8.4C7H8O3S/c1-49-21-13-29(14-22-49)41-33-5-7-35(45-33)42(30-15-23-50(2)24-16-30)37-9-11-39(47-37)44(32-19-27-52(4)28-20-32)40-12-10-38(48-40)43(36-8-6-34(41)46-36)31-17-25-51(3)26-18-31;4*1-6-2-4-7(5-3-6)11(8,9)10/h5-21,23,25,27,45,48H,22,24,26,28H2,1-4H3;4*2-5H,1H3,(H,8,9,10). The average molecular weight is 1370 g/mol. The maximum Gasteiger partial charge on any atom is 0.294 e. The Balaban J connectivity index is 0.000000196. The summed E-state index contributed by atoms with van der Waals surface area (Å²) in [6, 6.07) is 32.7. The van der Waals surface area contributed by atoms with Gasteiger partial charge in [-0.25, -0.2) is 9.97 Å². The molecule has 0 radical (unpaired) electrons. The highest BCUT2D eigenvalue weighted by Gasteiger charge is 2.22. The molecule has 498 valence electrons. The van der Waals surface area contributed by atoms with E-state index in [4.69, 9.17) is 28.2 Å². The summed E-state index contributed by atoms with van der Waals surface area (Å²) in [7, 11) is -7.68. The molecule has 24 heteroatoms. The molecule has 8 bridgehead atoms. The SMILES string of the molecule is CN1C=CC(c2c3nc(c(C4=CCN(C)C=C4)c4ccc([nH]4)c(C4=CCN(C)C=C4)c4nc(c(C5=CCN(C)C=C5)c5ccc2[nH]5)C=C4)C=C3)=CC1.Cc1ccc(S(=O)(=O)O)cc1.Cc1ccc(S(=O)(=O)O)cc1.Cc1ccc(S(=O)(=O)O)cc1.Cc1ccc(S(=O)(=O)O)cc1. The second-order valence-corrected chi connectivity index (χ2v) is 29.0. The second kappa shape index (κ2) is 29.9. The predicted molar refractivity (Wildman–Crippen MR) is 382 cm³/mol. The van der Waals surface area contributed by atoms with Crippen molar-refractivity contribution in [1.29, 1.82) is 0 Å². The van der Waals surface area contributed by atoms with Gasteiger partial charge in [0, 0.05) is 98.7 Å². The molecule has 6 aliphatic rings. The van der Waals surface area contributed by atoms with Crippen molar-refractivity contribution < 1.29 is 51.9 Å². The van der Waals surface area contributed by atoms with E-state index in [9.17, 15) is 33.7 Å². The lowest BCUT2D eigenvalue weighted by Crippen LogP contribution is -2.13. The van der Waals surface area contributed by atoms with Gasteiger partial charge in [-0.3, -0.25) is 18.2 Å². The molecule has 20 nitrogen and oxygen atoms in total. The van der Waals surface area contributed by atoms with Crippen LogP contribution in [0.2, 0.25) is 0 Å². The number of nitrogens with one attached hydrogen (secondary N) is 2. The number of allylic oxidation sites excluding steroid dienone is 8. The highest BCUT2D eigenvalue weighted by molar-refractivity contribution is 7.86. The van der Waals surface area contributed by atoms with E-state index in [2.05, 4.69) is 180 Å². The van der Waals surface area contributed by atoms with Gasteiger partial charge >= 0.3 is 0 Å². The van der Waals surface area contributed by atoms with Crippen LogP contribution in [0.4, 0.5) is 0 Å². The van der Waals surface area contributed by atoms with Crippen LogP contribution in [-0.4, -0.2) is 146 Å². The highest BCUT2D eigenvalue weighted by atomic mass is 32.2. The third kappa shape index (κ3) is 18.4. The first-order valence-corrected chi connectivity index (χ1v) is 35.8. The fourth-order valence-corrected chi connectivity index (χ4v) is 12.2. The molecule has 7 aromatic rings. The molecule has 0 saturated heterocycles. The van der Waals surface area contributed by atoms with Crippen LogP contribution >= 0.6 is 0 Å². The number of aromatic amines is 2. The monoisotopic (exact) mass is 1370 g/mol. The van der Waals surface area contributed by atoms with Gasteiger partial charge in [-0.15, -0.1) is 0 Å². The first kappa shape index (κ1) is 70.6. The summed E-state index contributed by atoms with van der Waals surface area (Å²) in [5, 5.41) is 0. The molecule has 0 spiro atoms. The summed E-state index contributed by atoms with van der Waals surface area (Å²) in [6.45, 7) is 10.7. The van der Waals surface area contributed by atoms with Gasteiger partial charge in [-0.2, -0.15) is 33.7 Å². The molecule has 0 fully saturated rings. The molecule has 6 N–H and O–H groups in total. The molecule has 0 aliphatic carbocycles. The number of aryl methyl sites for hydroxylation is 4. The van der Waals surface area contributed by atoms with Crippen LogP contribution in [0.1, 0.15) is 67.3 Å². The molecule has 96 heavy (non-hydrogen) atoms. The molecule has 0 amide bonds. The lowest BCUT2D eigenvalue weighted by Gasteiger charge is -2.18. The van der Waals surface area contributed by atoms with Gasteiger partial charge in [0.2, 0.25) is 0 Å². The van der Waals surface area contributed by atoms with Crippen molar-refractivity contribution >= 4 is 109 Å². The van der Waals surface area contributed by atoms with E-state index in [-0.39, 0.29) is 19.6 Å². The van der Waals surface area contributed by atoms with Crippen LogP contribution in [0.15, 0.2) is 214 Å². The molecular weight excluding hydrogens is 1300 g/mol. The Morgan fingerprint density at radius 2 is 0.490 bits per heavy atom. The number of hydrogen-bond donors (Lipinski definition) is 6. The summed E-state index contributed by atoms with van der Waals surface area (Å²) in [5.74, 6) is 0. The van der Waals surface area contributed by atoms with E-state index in [1.165, 1.54) is 48.5 Å². The number of H-pyrrole nitrogens is 2. The molecule has 0 saturated carbocycles. The fraction of sp³-hybridized carbons (Fsp3) is 0.167. The second-order valence-electron chi connectivity index (χ2n) is 23.3. The maximum absolute atomic E-state index is 10.5. The molecular formula is C72H74N8O12S4. The lowest BCUT2D eigenvalue weighted by atomic mass is 10.0. The smallest absolute Gasteiger partial charge is 0.294 e. The third-order valence-corrected chi connectivity index (χ3v) is 19.1. The first-order chi connectivity index (χ1) is 45.4. The lowest BCUT2D eigenvalue weighted by molar-refractivity contribution is 0.481. The van der Waals surface area contributed by atoms with Crippen LogP contribution in [0.25, 0.3) is 68.7 Å². The van der Waals surface area contributed by atoms with Crippen LogP contribution in [0.3, 0.4) is 0 Å². The van der Waals surface area contributed by atoms with Gasteiger partial charge in [0.15, 0.2) is 0 Å². The normalized spacial score (nSPS) is 15.0. The molecule has 0 atom stereocenters. The average Bonchev–Trinajstić information content (AvgIpc) is 1.60. The topological polar surface area (TPSA) is 288 Å². The van der Waals surface area contributed by atoms with Crippen molar-refractivity contribution in [2.24, 2.45) is 0 Å². The largest absolute Gasteiger partial charge is 0.377 e. The van der Waals surface area contributed by atoms with E-state index in [0.29, 0.717) is 0 Å². The number of hydrogen-bond acceptors (Lipinski definition) is 14. The molecule has 9 heterocycles. The van der Waals surface area contributed by atoms with Crippen molar-refractivity contribution in [2.45, 2.75) is 47.3 Å². The number of fused-ring (bicyclic) bond motifs is 8. The quantitative estimate of drug-likeness (QED) is 0.0771. The minimum Gasteiger partial charge on any atom is -0.377 e. The zero-order chi connectivity index (χ0) is 69.3. The predicted octanol–water partition coefficient (Wildman–Crippen LogP) is 13.0. The van der Waals surface area contributed by atoms with E-state index >= 15 is 0 Å². The summed E-state index contributed by atoms with van der Waals surface area (Å²) >= 11 is 0. The van der Waals surface area contributed by atoms with Crippen LogP contribution in [0, 0.1) is 27.7 Å². The molecule has 6 aliphatic heterocycles. The Morgan fingerprint density at radius 3 is 0.646 bits per heavy atom. The molecule has 3 aromatic heterocycles. The maximum atomic E-state index is 10.5. The third-order valence-electron chi connectivity index (χ3n) is 15.6.